The maximum absolute atomic E-state index is 13.3. The topological polar surface area (TPSA) is 56.8 Å². The monoisotopic (exact) mass is 492 g/mol. The fourth-order valence-corrected chi connectivity index (χ4v) is 9.02. The van der Waals surface area contributed by atoms with Crippen LogP contribution in [-0.4, -0.2) is 65.3 Å². The SMILES string of the molecule is O=C1C2C3CC[C@@H](C3)C2C(=O)N1CC1CCCCC1CN1CCN(c2nsc3ccccc23)CC1. The zero-order chi connectivity index (χ0) is 23.5. The number of likely N-dealkylation sites (tertiary alicyclic amines) is 1. The first-order valence-corrected chi connectivity index (χ1v) is 14.6. The average molecular weight is 493 g/mol. The number of rotatable bonds is 5. The Balaban J connectivity index is 0.986. The smallest absolute Gasteiger partial charge is 0.233 e. The van der Waals surface area contributed by atoms with Crippen molar-refractivity contribution in [2.24, 2.45) is 35.5 Å². The molecule has 7 rings (SSSR count). The highest BCUT2D eigenvalue weighted by atomic mass is 32.1. The van der Waals surface area contributed by atoms with Gasteiger partial charge < -0.3 is 4.90 Å². The zero-order valence-corrected chi connectivity index (χ0v) is 21.3. The van der Waals surface area contributed by atoms with Crippen molar-refractivity contribution in [3.8, 4) is 0 Å². The summed E-state index contributed by atoms with van der Waals surface area (Å²) in [5, 5.41) is 1.27. The Bertz CT molecular complexity index is 1100. The van der Waals surface area contributed by atoms with E-state index in [1.165, 1.54) is 29.3 Å². The zero-order valence-electron chi connectivity index (χ0n) is 20.5. The normalized spacial score (nSPS) is 35.4. The molecule has 2 saturated heterocycles. The summed E-state index contributed by atoms with van der Waals surface area (Å²) in [5.74, 6) is 3.59. The van der Waals surface area contributed by atoms with Gasteiger partial charge in [0.2, 0.25) is 11.8 Å². The maximum Gasteiger partial charge on any atom is 0.233 e. The molecule has 2 aromatic rings. The molecule has 3 aliphatic carbocycles. The second-order valence-corrected chi connectivity index (χ2v) is 12.6. The van der Waals surface area contributed by atoms with E-state index in [9.17, 15) is 9.59 Å². The molecule has 35 heavy (non-hydrogen) atoms. The number of fused-ring (bicyclic) bond motifs is 6. The van der Waals surface area contributed by atoms with Gasteiger partial charge in [0.1, 0.15) is 5.82 Å². The van der Waals surface area contributed by atoms with E-state index in [2.05, 4.69) is 34.1 Å². The molecule has 6 atom stereocenters. The Morgan fingerprint density at radius 1 is 0.829 bits per heavy atom. The fourth-order valence-electron chi connectivity index (χ4n) is 8.22. The van der Waals surface area contributed by atoms with Gasteiger partial charge in [-0.3, -0.25) is 19.4 Å². The van der Waals surface area contributed by atoms with E-state index in [4.69, 9.17) is 4.37 Å². The van der Waals surface area contributed by atoms with E-state index in [1.807, 2.05) is 0 Å². The van der Waals surface area contributed by atoms with Crippen LogP contribution in [0.4, 0.5) is 5.82 Å². The van der Waals surface area contributed by atoms with Crippen LogP contribution < -0.4 is 4.90 Å². The molecule has 3 saturated carbocycles. The first kappa shape index (κ1) is 22.2. The van der Waals surface area contributed by atoms with E-state index in [0.717, 1.165) is 64.2 Å². The first-order chi connectivity index (χ1) is 17.2. The van der Waals surface area contributed by atoms with Gasteiger partial charge in [-0.1, -0.05) is 25.0 Å². The quantitative estimate of drug-likeness (QED) is 0.584. The van der Waals surface area contributed by atoms with E-state index >= 15 is 0 Å². The third-order valence-corrected chi connectivity index (χ3v) is 10.8. The van der Waals surface area contributed by atoms with Crippen LogP contribution in [0, 0.1) is 35.5 Å². The second kappa shape index (κ2) is 8.84. The molecule has 0 N–H and O–H groups in total. The van der Waals surface area contributed by atoms with Crippen LogP contribution in [0.2, 0.25) is 0 Å². The van der Waals surface area contributed by atoms with Gasteiger partial charge in [-0.05, 0) is 79.4 Å². The van der Waals surface area contributed by atoms with Crippen LogP contribution in [0.3, 0.4) is 0 Å². The molecule has 1 aromatic heterocycles. The summed E-state index contributed by atoms with van der Waals surface area (Å²) in [6.45, 7) is 5.93. The number of benzene rings is 1. The third kappa shape index (κ3) is 3.72. The number of piperazine rings is 1. The van der Waals surface area contributed by atoms with Gasteiger partial charge in [0.25, 0.3) is 0 Å². The Morgan fingerprint density at radius 3 is 2.20 bits per heavy atom. The number of hydrogen-bond donors (Lipinski definition) is 0. The summed E-state index contributed by atoms with van der Waals surface area (Å²) in [6, 6.07) is 8.54. The largest absolute Gasteiger partial charge is 0.353 e. The lowest BCUT2D eigenvalue weighted by molar-refractivity contribution is -0.142. The minimum atomic E-state index is 0.0261. The van der Waals surface area contributed by atoms with Crippen molar-refractivity contribution in [3.05, 3.63) is 24.3 Å². The van der Waals surface area contributed by atoms with Gasteiger partial charge in [-0.25, -0.2) is 0 Å². The van der Waals surface area contributed by atoms with E-state index in [1.54, 1.807) is 16.4 Å². The number of hydrogen-bond acceptors (Lipinski definition) is 6. The second-order valence-electron chi connectivity index (χ2n) is 11.8. The molecule has 5 unspecified atom stereocenters. The van der Waals surface area contributed by atoms with Crippen LogP contribution in [0.25, 0.3) is 10.1 Å². The molecule has 2 amide bonds. The maximum atomic E-state index is 13.3. The highest BCUT2D eigenvalue weighted by Gasteiger charge is 2.61. The summed E-state index contributed by atoms with van der Waals surface area (Å²) in [5.41, 5.74) is 0. The van der Waals surface area contributed by atoms with E-state index in [0.29, 0.717) is 30.2 Å². The Hall–Kier alpha value is -1.99. The lowest BCUT2D eigenvalue weighted by Crippen LogP contribution is -2.49. The van der Waals surface area contributed by atoms with E-state index in [-0.39, 0.29) is 23.7 Å². The van der Waals surface area contributed by atoms with Crippen molar-refractivity contribution in [1.29, 1.82) is 0 Å². The fraction of sp³-hybridized carbons (Fsp3) is 0.679. The number of aromatic nitrogens is 1. The molecule has 5 fully saturated rings. The highest BCUT2D eigenvalue weighted by Crippen LogP contribution is 2.56. The van der Waals surface area contributed by atoms with Crippen molar-refractivity contribution in [2.45, 2.75) is 44.9 Å². The molecule has 3 heterocycles. The van der Waals surface area contributed by atoms with Crippen LogP contribution in [-0.2, 0) is 9.59 Å². The molecule has 7 heteroatoms. The van der Waals surface area contributed by atoms with Crippen molar-refractivity contribution in [3.63, 3.8) is 0 Å². The molecule has 5 aliphatic rings. The Labute approximate surface area is 211 Å². The molecule has 186 valence electrons. The lowest BCUT2D eigenvalue weighted by Gasteiger charge is -2.40. The molecular formula is C28H36N4O2S. The van der Waals surface area contributed by atoms with Gasteiger partial charge in [0.05, 0.1) is 16.5 Å². The lowest BCUT2D eigenvalue weighted by atomic mass is 9.78. The number of carbonyl (C=O) groups is 2. The summed E-state index contributed by atoms with van der Waals surface area (Å²) < 4.78 is 6.02. The summed E-state index contributed by atoms with van der Waals surface area (Å²) in [6.07, 6.45) is 8.35. The molecule has 0 radical (unpaired) electrons. The number of amides is 2. The predicted molar refractivity (Wildman–Crippen MR) is 138 cm³/mol. The van der Waals surface area contributed by atoms with Gasteiger partial charge >= 0.3 is 0 Å². The number of anilines is 1. The highest BCUT2D eigenvalue weighted by molar-refractivity contribution is 7.13. The van der Waals surface area contributed by atoms with Gasteiger partial charge in [-0.15, -0.1) is 0 Å². The Kier molecular flexibility index (Phi) is 5.61. The van der Waals surface area contributed by atoms with Crippen molar-refractivity contribution >= 4 is 39.3 Å². The first-order valence-electron chi connectivity index (χ1n) is 13.8. The van der Waals surface area contributed by atoms with Gasteiger partial charge in [0, 0.05) is 44.7 Å². The van der Waals surface area contributed by atoms with E-state index < -0.39 is 0 Å². The predicted octanol–water partition coefficient (Wildman–Crippen LogP) is 4.26. The van der Waals surface area contributed by atoms with Crippen molar-refractivity contribution < 1.29 is 9.59 Å². The third-order valence-electron chi connectivity index (χ3n) is 10.0. The molecule has 2 bridgehead atoms. The summed E-state index contributed by atoms with van der Waals surface area (Å²) in [7, 11) is 0. The molecule has 6 nitrogen and oxygen atoms in total. The van der Waals surface area contributed by atoms with Crippen molar-refractivity contribution in [1.82, 2.24) is 14.2 Å². The van der Waals surface area contributed by atoms with Crippen molar-refractivity contribution in [2.75, 3.05) is 44.2 Å². The van der Waals surface area contributed by atoms with Crippen LogP contribution in [0.5, 0.6) is 0 Å². The minimum Gasteiger partial charge on any atom is -0.353 e. The number of imide groups is 1. The summed E-state index contributed by atoms with van der Waals surface area (Å²) >= 11 is 1.60. The molecule has 0 spiro atoms. The number of nitrogens with zero attached hydrogens (tertiary/aromatic N) is 4. The van der Waals surface area contributed by atoms with Crippen LogP contribution in [0.1, 0.15) is 44.9 Å². The standard InChI is InChI=1S/C28H36N4O2S/c33-27-24-18-9-10-19(15-18)25(24)28(34)32(27)17-21-6-2-1-5-20(21)16-30-11-13-31(14-12-30)26-22-7-3-4-8-23(22)35-29-26/h3-4,7-8,18-21,24-25H,1-2,5-6,9-17H2/t18-,19?,20?,21?,24?,25?/m0/s1. The molecular weight excluding hydrogens is 456 g/mol. The average Bonchev–Trinajstić information content (AvgIpc) is 3.66. The van der Waals surface area contributed by atoms with Gasteiger partial charge in [0.15, 0.2) is 0 Å². The number of carbonyl (C=O) groups excluding carboxylic acids is 2. The van der Waals surface area contributed by atoms with Crippen LogP contribution in [0.15, 0.2) is 24.3 Å². The Morgan fingerprint density at radius 2 is 1.49 bits per heavy atom. The minimum absolute atomic E-state index is 0.0261. The molecule has 1 aromatic carbocycles. The van der Waals surface area contributed by atoms with Crippen LogP contribution >= 0.6 is 11.5 Å². The summed E-state index contributed by atoms with van der Waals surface area (Å²) in [4.78, 5) is 33.4. The molecule has 2 aliphatic heterocycles. The van der Waals surface area contributed by atoms with Gasteiger partial charge in [-0.2, -0.15) is 4.37 Å².